The summed E-state index contributed by atoms with van der Waals surface area (Å²) in [5, 5.41) is 340. The first-order valence-electron chi connectivity index (χ1n) is 38.2. The van der Waals surface area contributed by atoms with Gasteiger partial charge in [0.15, 0.2) is 50.3 Å². The van der Waals surface area contributed by atoms with Crippen molar-refractivity contribution >= 4 is 19.8 Å². The first kappa shape index (κ1) is 102. The van der Waals surface area contributed by atoms with Crippen molar-refractivity contribution in [1.29, 1.82) is 0 Å². The van der Waals surface area contributed by atoms with Crippen molar-refractivity contribution in [3.63, 3.8) is 0 Å². The molecule has 50 atom stereocenters. The number of phosphoric ester groups is 1. The Hall–Kier alpha value is -2.95. The number of rotatable bonds is 34. The van der Waals surface area contributed by atoms with E-state index in [1.807, 2.05) is 0 Å². The van der Waals surface area contributed by atoms with Gasteiger partial charge in [0.05, 0.1) is 90.4 Å². The number of aliphatic hydroxyl groups excluding tert-OH is 29. The largest absolute Gasteiger partial charge is 0.477 e. The van der Waals surface area contributed by atoms with Crippen LogP contribution < -0.4 is 11.5 Å². The van der Waals surface area contributed by atoms with Crippen molar-refractivity contribution < 1.29 is 277 Å². The van der Waals surface area contributed by atoms with E-state index >= 15 is 0 Å². The van der Waals surface area contributed by atoms with Crippen molar-refractivity contribution in [2.45, 2.75) is 319 Å². The molecule has 10 rings (SSSR count). The zero-order valence-electron chi connectivity index (χ0n) is 63.9. The third-order valence-electron chi connectivity index (χ3n) is 22.5. The summed E-state index contributed by atoms with van der Waals surface area (Å²) in [6.07, 6.45) is -106. The molecule has 10 saturated heterocycles. The normalized spacial score (nSPS) is 50.3. The van der Waals surface area contributed by atoms with Gasteiger partial charge >= 0.3 is 19.8 Å². The van der Waals surface area contributed by atoms with Gasteiger partial charge < -0.3 is 270 Å². The Morgan fingerprint density at radius 3 is 1.26 bits per heavy atom. The number of carboxylic acids is 2. The van der Waals surface area contributed by atoms with Gasteiger partial charge in [-0.2, -0.15) is 0 Å². The molecule has 59 heteroatoms. The van der Waals surface area contributed by atoms with Gasteiger partial charge in [-0.05, 0) is 0 Å². The van der Waals surface area contributed by atoms with Crippen LogP contribution in [-0.2, 0) is 109 Å². The molecule has 10 heterocycles. The number of carboxylic acid groups (broad SMARTS) is 2. The van der Waals surface area contributed by atoms with Crippen LogP contribution in [0.5, 0.6) is 0 Å². The second kappa shape index (κ2) is 42.7. The van der Waals surface area contributed by atoms with Gasteiger partial charge in [0.25, 0.3) is 11.6 Å². The van der Waals surface area contributed by atoms with Gasteiger partial charge in [-0.25, -0.2) is 14.2 Å². The average Bonchev–Trinajstić information content (AvgIpc) is 0.739. The number of phosphoric acid groups is 1. The van der Waals surface area contributed by atoms with E-state index in [1.165, 1.54) is 0 Å². The van der Waals surface area contributed by atoms with Gasteiger partial charge in [-0.1, -0.05) is 0 Å². The number of carbonyl (C=O) groups is 2. The molecule has 0 spiro atoms. The Labute approximate surface area is 691 Å². The molecule has 0 aromatic heterocycles. The Morgan fingerprint density at radius 2 is 0.780 bits per heavy atom. The summed E-state index contributed by atoms with van der Waals surface area (Å²) < 4.78 is 125. The minimum absolute atomic E-state index is 0.915. The number of aliphatic hydroxyl groups is 29. The van der Waals surface area contributed by atoms with Crippen LogP contribution in [0.4, 0.5) is 0 Å². The predicted molar refractivity (Wildman–Crippen MR) is 367 cm³/mol. The fourth-order valence-electron chi connectivity index (χ4n) is 15.3. The molecule has 58 nitrogen and oxygen atoms in total. The van der Waals surface area contributed by atoms with E-state index in [-0.39, 0.29) is 0 Å². The predicted octanol–water partition coefficient (Wildman–Crippen LogP) is -23.1. The van der Waals surface area contributed by atoms with Crippen molar-refractivity contribution in [2.75, 3.05) is 66.1 Å². The molecule has 0 bridgehead atoms. The van der Waals surface area contributed by atoms with E-state index in [0.29, 0.717) is 0 Å². The van der Waals surface area contributed by atoms with E-state index in [4.69, 9.17) is 106 Å². The van der Waals surface area contributed by atoms with Gasteiger partial charge in [0.2, 0.25) is 0 Å². The molecule has 10 fully saturated rings. The number of ether oxygens (including phenoxy) is 19. The summed E-state index contributed by atoms with van der Waals surface area (Å²) in [7, 11) is -5.87. The quantitative estimate of drug-likeness (QED) is 0.0266. The van der Waals surface area contributed by atoms with Crippen molar-refractivity contribution in [1.82, 2.24) is 0 Å². The fourth-order valence-corrected chi connectivity index (χ4v) is 15.9. The Kier molecular flexibility index (Phi) is 35.5. The highest BCUT2D eigenvalue weighted by molar-refractivity contribution is 7.46. The second-order valence-corrected chi connectivity index (χ2v) is 31.9. The molecule has 0 aromatic rings. The van der Waals surface area contributed by atoms with E-state index in [9.17, 15) is 182 Å². The van der Waals surface area contributed by atoms with Gasteiger partial charge in [0.1, 0.15) is 220 Å². The van der Waals surface area contributed by atoms with Crippen LogP contribution in [-0.4, -0.2) is 552 Å². The first-order valence-corrected chi connectivity index (χ1v) is 39.7. The molecule has 0 aliphatic carbocycles. The van der Waals surface area contributed by atoms with Gasteiger partial charge in [-0.15, -0.1) is 0 Å². The maximum absolute atomic E-state index is 14.3. The van der Waals surface area contributed by atoms with Crippen LogP contribution in [0, 0.1) is 0 Å². The van der Waals surface area contributed by atoms with E-state index in [1.54, 1.807) is 0 Å². The van der Waals surface area contributed by atoms with E-state index in [2.05, 4.69) is 0 Å². The highest BCUT2D eigenvalue weighted by Crippen LogP contribution is 2.47. The third kappa shape index (κ3) is 22.0. The molecule has 0 saturated carbocycles. The fraction of sp³-hybridized carbons (Fsp3) is 0.969. The Balaban J connectivity index is 0.953. The van der Waals surface area contributed by atoms with Crippen LogP contribution in [0.2, 0.25) is 0 Å². The topological polar surface area (TPSA) is 955 Å². The smallest absolute Gasteiger partial charge is 0.470 e. The number of aliphatic carboxylic acids is 2. The van der Waals surface area contributed by atoms with E-state index < -0.39 is 405 Å². The molecule has 10 aliphatic rings. The number of hydrogen-bond acceptors (Lipinski definition) is 54. The molecular weight excluding hydrogens is 1720 g/mol. The molecule has 0 unspecified atom stereocenters. The van der Waals surface area contributed by atoms with Crippen LogP contribution in [0.15, 0.2) is 0 Å². The summed E-state index contributed by atoms with van der Waals surface area (Å²) in [5.74, 6) is -12.4. The maximum Gasteiger partial charge on any atom is 0.470 e. The van der Waals surface area contributed by atoms with Crippen LogP contribution in [0.25, 0.3) is 0 Å². The molecule has 10 aliphatic heterocycles. The molecule has 37 N–H and O–H groups in total. The molecular formula is C64H109N2O56P. The summed E-state index contributed by atoms with van der Waals surface area (Å²) in [6.45, 7) is -12.1. The van der Waals surface area contributed by atoms with Crippen molar-refractivity contribution in [2.24, 2.45) is 11.5 Å². The number of nitrogens with two attached hydrogens (primary N) is 2. The standard InChI is InChI=1S/C64H109N2O56P/c65-25-34(82)30(78)21(107-53(25)95)9-103-54-26(66)35(83)50(122-123(100,101)102)24(115-54)12-106-63(61(96)97)2-15(51(47(120-63)14(74)3-67)117-59-45(93)40(88)48(19(7-71)111-59)116-57-43(91)38(86)31(79)22(113-57)10-104-55-41(89)36(84)28(76)16(4-68)108-55)119-64(62(98)99)1-13(73)27(75)49(121-64)20(8-72)112-60-46(94)52(33(81)18(6-70)110-60)118-58-44(92)39(87)32(80)23(114-58)11-105-56-42(90)37(85)29(77)17(5-69)109-56/h13-60,67-95H,1-12,65-66H2,(H,96,97)(H,98,99)(H2,100,101,102)/t13-,14-,15-,16-,17-,18-,19-,20-,21-,22-,23-,24-,25-,26-,27-,28-,29-,30-,31-,32-,33+,34-,35-,36+,37+,38+,39+,40-,41-,42-,43-,44-,45-,46-,47-,48-,49-,50-,51-,52+,53+,54-,55+,56+,57+,58+,59-,60+,63-,64-/m1/s1. The summed E-state index contributed by atoms with van der Waals surface area (Å²) in [4.78, 5) is 48.6. The van der Waals surface area contributed by atoms with Crippen molar-refractivity contribution in [3.05, 3.63) is 0 Å². The molecule has 0 radical (unpaired) electrons. The highest BCUT2D eigenvalue weighted by Gasteiger charge is 2.65. The number of hydrogen-bond donors (Lipinski definition) is 35. The third-order valence-corrected chi connectivity index (χ3v) is 23.0. The molecule has 0 aromatic carbocycles. The van der Waals surface area contributed by atoms with Crippen LogP contribution >= 0.6 is 7.82 Å². The van der Waals surface area contributed by atoms with Crippen LogP contribution in [0.3, 0.4) is 0 Å². The molecule has 123 heavy (non-hydrogen) atoms. The minimum atomic E-state index is -5.87. The molecule has 0 amide bonds. The minimum Gasteiger partial charge on any atom is -0.477 e. The first-order chi connectivity index (χ1) is 57.8. The lowest BCUT2D eigenvalue weighted by Gasteiger charge is -2.52. The zero-order chi connectivity index (χ0) is 91.0. The van der Waals surface area contributed by atoms with Gasteiger partial charge in [-0.3, -0.25) is 4.52 Å². The molecule has 716 valence electrons. The van der Waals surface area contributed by atoms with Crippen molar-refractivity contribution in [3.8, 4) is 0 Å². The zero-order valence-corrected chi connectivity index (χ0v) is 64.8. The highest BCUT2D eigenvalue weighted by atomic mass is 31.2. The summed E-state index contributed by atoms with van der Waals surface area (Å²) >= 11 is 0. The second-order valence-electron chi connectivity index (χ2n) is 30.8. The lowest BCUT2D eigenvalue weighted by molar-refractivity contribution is -0.407. The SMILES string of the molecule is N[C@@H]1[C@@H](O)[C@H](O)[C@@H](CO[C@@H]2O[C@H](CO[C@]3(C(=O)O)C[C@@H](O[C@]4(C(=O)O)C[C@@H](O)[C@@H](O)[C@@H]([C@@H](CO)O[C@@H]5O[C@H](CO)[C@H](O)[C@H](O[C@@H]6O[C@H](CO[C@H]7O[C@H](CO)[C@@H](O)[C@H](O)[C@H]7O)[C@@H](O)[C@H](O)[C@H]6O)[C@H]5O)O4)[C@@H](O[C@H]4O[C@H](CO)[C@@H](O[C@@H]5O[C@H](CO[C@H]6O[C@H](CO)[C@@H](O)[C@H](O)[C@H]6O)[C@@H](O)[C@H](O)[C@H]5O)[C@H](O)[C@H]4O)[C@@H]([C@H](O)CO)O3)[C@@H](OP(=O)(O)O)[C@H](O)[C@H]2N)O[C@@H]1O. The monoisotopic (exact) mass is 1830 g/mol. The lowest BCUT2D eigenvalue weighted by atomic mass is 9.89. The maximum atomic E-state index is 14.3. The lowest BCUT2D eigenvalue weighted by Crippen LogP contribution is -2.70. The van der Waals surface area contributed by atoms with Crippen LogP contribution in [0.1, 0.15) is 12.8 Å². The summed E-state index contributed by atoms with van der Waals surface area (Å²) in [6, 6.07) is -3.57. The van der Waals surface area contributed by atoms with Gasteiger partial charge in [0, 0.05) is 12.8 Å². The Morgan fingerprint density at radius 1 is 0.374 bits per heavy atom. The average molecular weight is 1830 g/mol. The van der Waals surface area contributed by atoms with E-state index in [0.717, 1.165) is 0 Å². The summed E-state index contributed by atoms with van der Waals surface area (Å²) in [5.41, 5.74) is 11.8. The Bertz CT molecular complexity index is 3360.